The molecule has 3 nitrogen and oxygen atoms in total. The molecule has 1 rings (SSSR count). The van der Waals surface area contributed by atoms with Crippen molar-refractivity contribution in [1.82, 2.24) is 9.97 Å². The first-order chi connectivity index (χ1) is 6.09. The smallest absolute Gasteiger partial charge is 0.223 e. The maximum absolute atomic E-state index is 4.39. The van der Waals surface area contributed by atoms with Gasteiger partial charge in [0.05, 0.1) is 0 Å². The van der Waals surface area contributed by atoms with Gasteiger partial charge in [-0.1, -0.05) is 13.8 Å². The summed E-state index contributed by atoms with van der Waals surface area (Å²) in [6.45, 7) is 8.40. The van der Waals surface area contributed by atoms with E-state index in [-0.39, 0.29) is 0 Å². The zero-order chi connectivity index (χ0) is 9.84. The molecule has 0 saturated heterocycles. The highest BCUT2D eigenvalue weighted by molar-refractivity contribution is 5.26. The van der Waals surface area contributed by atoms with Crippen LogP contribution in [0.5, 0.6) is 0 Å². The van der Waals surface area contributed by atoms with Crippen LogP contribution in [0.4, 0.5) is 5.95 Å². The lowest BCUT2D eigenvalue weighted by molar-refractivity contribution is 0.802. The summed E-state index contributed by atoms with van der Waals surface area (Å²) in [7, 11) is 0. The molecule has 1 aromatic heterocycles. The van der Waals surface area contributed by atoms with Crippen molar-refractivity contribution in [1.29, 1.82) is 0 Å². The molecule has 0 amide bonds. The van der Waals surface area contributed by atoms with E-state index >= 15 is 0 Å². The summed E-state index contributed by atoms with van der Waals surface area (Å²) in [5.41, 5.74) is 1.08. The summed E-state index contributed by atoms with van der Waals surface area (Å²) in [5.74, 6) is 1.18. The van der Waals surface area contributed by atoms with Crippen LogP contribution < -0.4 is 5.32 Å². The summed E-state index contributed by atoms with van der Waals surface area (Å²) in [6.07, 6.45) is 1.80. The van der Waals surface area contributed by atoms with Gasteiger partial charge >= 0.3 is 0 Å². The SMILES string of the molecule is CC(C)Nc1nccc(C(C)C)n1. The summed E-state index contributed by atoms with van der Waals surface area (Å²) < 4.78 is 0. The zero-order valence-corrected chi connectivity index (χ0v) is 8.70. The van der Waals surface area contributed by atoms with Gasteiger partial charge < -0.3 is 5.32 Å². The second kappa shape index (κ2) is 4.21. The Morgan fingerprint density at radius 1 is 1.23 bits per heavy atom. The second-order valence-electron chi connectivity index (χ2n) is 3.76. The van der Waals surface area contributed by atoms with Crippen molar-refractivity contribution >= 4 is 5.95 Å². The molecule has 1 N–H and O–H groups in total. The average Bonchev–Trinajstić information content (AvgIpc) is 2.03. The van der Waals surface area contributed by atoms with Gasteiger partial charge in [-0.3, -0.25) is 0 Å². The highest BCUT2D eigenvalue weighted by Crippen LogP contribution is 2.11. The first-order valence-electron chi connectivity index (χ1n) is 4.69. The van der Waals surface area contributed by atoms with E-state index in [9.17, 15) is 0 Å². The van der Waals surface area contributed by atoms with Crippen molar-refractivity contribution in [2.45, 2.75) is 39.7 Å². The van der Waals surface area contributed by atoms with Crippen molar-refractivity contribution in [2.24, 2.45) is 0 Å². The Labute approximate surface area is 79.6 Å². The summed E-state index contributed by atoms with van der Waals surface area (Å²) in [4.78, 5) is 8.53. The molecule has 13 heavy (non-hydrogen) atoms. The van der Waals surface area contributed by atoms with Gasteiger partial charge in [0, 0.05) is 17.9 Å². The van der Waals surface area contributed by atoms with Crippen LogP contribution >= 0.6 is 0 Å². The van der Waals surface area contributed by atoms with Crippen LogP contribution in [0.25, 0.3) is 0 Å². The number of nitrogens with one attached hydrogen (secondary N) is 1. The third-order valence-corrected chi connectivity index (χ3v) is 1.69. The number of rotatable bonds is 3. The van der Waals surface area contributed by atoms with E-state index in [1.165, 1.54) is 0 Å². The van der Waals surface area contributed by atoms with E-state index in [4.69, 9.17) is 0 Å². The predicted octanol–water partition coefficient (Wildman–Crippen LogP) is 2.42. The third-order valence-electron chi connectivity index (χ3n) is 1.69. The molecule has 0 bridgehead atoms. The van der Waals surface area contributed by atoms with Crippen molar-refractivity contribution < 1.29 is 0 Å². The van der Waals surface area contributed by atoms with E-state index in [1.807, 2.05) is 6.07 Å². The van der Waals surface area contributed by atoms with Gasteiger partial charge in [-0.05, 0) is 25.8 Å². The first-order valence-corrected chi connectivity index (χ1v) is 4.69. The standard InChI is InChI=1S/C10H17N3/c1-7(2)9-5-6-11-10(13-9)12-8(3)4/h5-8H,1-4H3,(H,11,12,13). The van der Waals surface area contributed by atoms with Crippen LogP contribution in [0.2, 0.25) is 0 Å². The van der Waals surface area contributed by atoms with Gasteiger partial charge in [0.1, 0.15) is 0 Å². The van der Waals surface area contributed by atoms with E-state index in [0.717, 1.165) is 11.6 Å². The summed E-state index contributed by atoms with van der Waals surface area (Å²) >= 11 is 0. The number of hydrogen-bond donors (Lipinski definition) is 1. The number of nitrogens with zero attached hydrogens (tertiary/aromatic N) is 2. The van der Waals surface area contributed by atoms with Crippen molar-refractivity contribution in [3.63, 3.8) is 0 Å². The molecule has 1 heterocycles. The minimum Gasteiger partial charge on any atom is -0.352 e. The van der Waals surface area contributed by atoms with Crippen LogP contribution in [-0.2, 0) is 0 Å². The number of hydrogen-bond acceptors (Lipinski definition) is 3. The van der Waals surface area contributed by atoms with E-state index in [2.05, 4.69) is 43.0 Å². The fraction of sp³-hybridized carbons (Fsp3) is 0.600. The molecule has 0 saturated carbocycles. The molecule has 1 aromatic rings. The molecule has 0 aliphatic heterocycles. The normalized spacial score (nSPS) is 10.9. The molecule has 72 valence electrons. The van der Waals surface area contributed by atoms with Crippen LogP contribution in [0.1, 0.15) is 39.3 Å². The molecular weight excluding hydrogens is 162 g/mol. The van der Waals surface area contributed by atoms with Crippen molar-refractivity contribution in [2.75, 3.05) is 5.32 Å². The molecule has 0 aliphatic carbocycles. The monoisotopic (exact) mass is 179 g/mol. The Hall–Kier alpha value is -1.12. The number of aromatic nitrogens is 2. The van der Waals surface area contributed by atoms with Crippen molar-refractivity contribution in [3.8, 4) is 0 Å². The molecule has 0 radical (unpaired) electrons. The lowest BCUT2D eigenvalue weighted by atomic mass is 10.1. The maximum Gasteiger partial charge on any atom is 0.223 e. The van der Waals surface area contributed by atoms with Gasteiger partial charge in [0.2, 0.25) is 5.95 Å². The first kappa shape index (κ1) is 9.96. The van der Waals surface area contributed by atoms with E-state index in [1.54, 1.807) is 6.20 Å². The Morgan fingerprint density at radius 2 is 1.92 bits per heavy atom. The Morgan fingerprint density at radius 3 is 2.46 bits per heavy atom. The van der Waals surface area contributed by atoms with Gasteiger partial charge in [0.15, 0.2) is 0 Å². The van der Waals surface area contributed by atoms with Crippen LogP contribution in [-0.4, -0.2) is 16.0 Å². The molecule has 0 atom stereocenters. The minimum atomic E-state index is 0.377. The Bertz CT molecular complexity index is 269. The number of anilines is 1. The highest BCUT2D eigenvalue weighted by atomic mass is 15.1. The van der Waals surface area contributed by atoms with Gasteiger partial charge in [-0.2, -0.15) is 0 Å². The predicted molar refractivity (Wildman–Crippen MR) is 54.9 cm³/mol. The topological polar surface area (TPSA) is 37.8 Å². The lowest BCUT2D eigenvalue weighted by Gasteiger charge is -2.10. The molecule has 0 spiro atoms. The van der Waals surface area contributed by atoms with E-state index < -0.39 is 0 Å². The van der Waals surface area contributed by atoms with Crippen LogP contribution in [0, 0.1) is 0 Å². The quantitative estimate of drug-likeness (QED) is 0.774. The lowest BCUT2D eigenvalue weighted by Crippen LogP contribution is -2.13. The molecule has 0 aliphatic rings. The largest absolute Gasteiger partial charge is 0.352 e. The fourth-order valence-electron chi connectivity index (χ4n) is 1.02. The molecule has 0 fully saturated rings. The second-order valence-corrected chi connectivity index (χ2v) is 3.76. The molecule has 0 unspecified atom stereocenters. The van der Waals surface area contributed by atoms with Gasteiger partial charge in [0.25, 0.3) is 0 Å². The maximum atomic E-state index is 4.39. The minimum absolute atomic E-state index is 0.377. The average molecular weight is 179 g/mol. The van der Waals surface area contributed by atoms with Crippen molar-refractivity contribution in [3.05, 3.63) is 18.0 Å². The summed E-state index contributed by atoms with van der Waals surface area (Å²) in [5, 5.41) is 3.18. The molecular formula is C10H17N3. The fourth-order valence-corrected chi connectivity index (χ4v) is 1.02. The molecule has 3 heteroatoms. The van der Waals surface area contributed by atoms with Crippen LogP contribution in [0.3, 0.4) is 0 Å². The van der Waals surface area contributed by atoms with Crippen LogP contribution in [0.15, 0.2) is 12.3 Å². The third kappa shape index (κ3) is 3.01. The highest BCUT2D eigenvalue weighted by Gasteiger charge is 2.03. The van der Waals surface area contributed by atoms with Gasteiger partial charge in [-0.25, -0.2) is 9.97 Å². The zero-order valence-electron chi connectivity index (χ0n) is 8.70. The van der Waals surface area contributed by atoms with Gasteiger partial charge in [-0.15, -0.1) is 0 Å². The Kier molecular flexibility index (Phi) is 3.23. The summed E-state index contributed by atoms with van der Waals surface area (Å²) in [6, 6.07) is 2.33. The molecule has 0 aromatic carbocycles. The van der Waals surface area contributed by atoms with E-state index in [0.29, 0.717) is 12.0 Å². The Balaban J connectivity index is 2.79.